The first-order valence-corrected chi connectivity index (χ1v) is 4.22. The molecule has 2 rings (SSSR count). The van der Waals surface area contributed by atoms with Crippen LogP contribution < -0.4 is 11.5 Å². The summed E-state index contributed by atoms with van der Waals surface area (Å²) in [6.45, 7) is 0. The summed E-state index contributed by atoms with van der Waals surface area (Å²) in [5, 5.41) is 0. The summed E-state index contributed by atoms with van der Waals surface area (Å²) in [7, 11) is 0. The Bertz CT molecular complexity index is 491. The van der Waals surface area contributed by atoms with Crippen LogP contribution >= 0.6 is 0 Å². The third-order valence-electron chi connectivity index (χ3n) is 1.95. The van der Waals surface area contributed by atoms with E-state index < -0.39 is 5.91 Å². The van der Waals surface area contributed by atoms with Gasteiger partial charge in [-0.3, -0.25) is 9.36 Å². The molecule has 0 bridgehead atoms. The lowest BCUT2D eigenvalue weighted by atomic mass is 10.2. The molecule has 6 heteroatoms. The Morgan fingerprint density at radius 3 is 2.87 bits per heavy atom. The monoisotopic (exact) mass is 203 g/mol. The number of amides is 1. The highest BCUT2D eigenvalue weighted by molar-refractivity contribution is 5.98. The molecule has 15 heavy (non-hydrogen) atoms. The molecule has 0 aliphatic heterocycles. The van der Waals surface area contributed by atoms with Gasteiger partial charge in [0, 0.05) is 12.4 Å². The summed E-state index contributed by atoms with van der Waals surface area (Å²) in [6.07, 6.45) is 6.30. The third kappa shape index (κ3) is 1.64. The molecule has 0 saturated heterocycles. The van der Waals surface area contributed by atoms with Crippen molar-refractivity contribution in [1.82, 2.24) is 14.5 Å². The molecule has 0 atom stereocenters. The van der Waals surface area contributed by atoms with Crippen LogP contribution in [0.3, 0.4) is 0 Å². The molecule has 0 fully saturated rings. The third-order valence-corrected chi connectivity index (χ3v) is 1.95. The van der Waals surface area contributed by atoms with Gasteiger partial charge in [-0.15, -0.1) is 0 Å². The smallest absolute Gasteiger partial charge is 0.250 e. The van der Waals surface area contributed by atoms with Gasteiger partial charge >= 0.3 is 0 Å². The fraction of sp³-hybridized carbons (Fsp3) is 0. The Hall–Kier alpha value is -2.37. The number of carbonyl (C=O) groups excluding carboxylic acids is 1. The van der Waals surface area contributed by atoms with E-state index in [9.17, 15) is 4.79 Å². The van der Waals surface area contributed by atoms with Crippen LogP contribution in [0.1, 0.15) is 10.4 Å². The number of nitrogen functional groups attached to an aromatic ring is 1. The van der Waals surface area contributed by atoms with Gasteiger partial charge in [-0.25, -0.2) is 9.97 Å². The average molecular weight is 203 g/mol. The number of aromatic nitrogens is 3. The highest BCUT2D eigenvalue weighted by Gasteiger charge is 2.08. The van der Waals surface area contributed by atoms with Crippen molar-refractivity contribution in [1.29, 1.82) is 0 Å². The molecule has 0 unspecified atom stereocenters. The van der Waals surface area contributed by atoms with Crippen molar-refractivity contribution in [3.05, 3.63) is 36.5 Å². The van der Waals surface area contributed by atoms with Gasteiger partial charge in [-0.1, -0.05) is 0 Å². The minimum atomic E-state index is -0.573. The predicted molar refractivity (Wildman–Crippen MR) is 54.3 cm³/mol. The topological polar surface area (TPSA) is 99.8 Å². The molecule has 76 valence electrons. The van der Waals surface area contributed by atoms with Gasteiger partial charge in [0.25, 0.3) is 5.91 Å². The molecule has 2 aromatic rings. The first kappa shape index (κ1) is 9.20. The maximum atomic E-state index is 11.0. The summed E-state index contributed by atoms with van der Waals surface area (Å²) >= 11 is 0. The number of carbonyl (C=O) groups is 1. The Balaban J connectivity index is 2.52. The lowest BCUT2D eigenvalue weighted by molar-refractivity contribution is 0.100. The van der Waals surface area contributed by atoms with Crippen molar-refractivity contribution in [3.8, 4) is 5.82 Å². The maximum Gasteiger partial charge on any atom is 0.250 e. The van der Waals surface area contributed by atoms with E-state index in [0.29, 0.717) is 5.82 Å². The Morgan fingerprint density at radius 1 is 1.47 bits per heavy atom. The molecule has 0 spiro atoms. The van der Waals surface area contributed by atoms with Gasteiger partial charge in [0.1, 0.15) is 12.1 Å². The molecule has 6 nitrogen and oxygen atoms in total. The lowest BCUT2D eigenvalue weighted by Gasteiger charge is -2.04. The highest BCUT2D eigenvalue weighted by atomic mass is 16.1. The van der Waals surface area contributed by atoms with E-state index in [1.54, 1.807) is 23.3 Å². The summed E-state index contributed by atoms with van der Waals surface area (Å²) in [4.78, 5) is 19.0. The van der Waals surface area contributed by atoms with E-state index >= 15 is 0 Å². The zero-order chi connectivity index (χ0) is 10.8. The van der Waals surface area contributed by atoms with Crippen LogP contribution in [0, 0.1) is 0 Å². The minimum Gasteiger partial charge on any atom is -0.397 e. The number of imidazole rings is 1. The second-order valence-electron chi connectivity index (χ2n) is 2.96. The summed E-state index contributed by atoms with van der Waals surface area (Å²) < 4.78 is 1.66. The van der Waals surface area contributed by atoms with Crippen molar-refractivity contribution in [3.63, 3.8) is 0 Å². The Morgan fingerprint density at radius 2 is 2.27 bits per heavy atom. The van der Waals surface area contributed by atoms with E-state index in [1.807, 2.05) is 0 Å². The normalized spacial score (nSPS) is 10.1. The molecule has 0 saturated carbocycles. The molecule has 4 N–H and O–H groups in total. The Kier molecular flexibility index (Phi) is 2.09. The van der Waals surface area contributed by atoms with Crippen LogP contribution in [0.4, 0.5) is 5.69 Å². The molecule has 0 aliphatic rings. The Labute approximate surface area is 85.6 Å². The van der Waals surface area contributed by atoms with E-state index in [0.717, 1.165) is 0 Å². The fourth-order valence-electron chi connectivity index (χ4n) is 1.20. The quantitative estimate of drug-likeness (QED) is 0.714. The predicted octanol–water partition coefficient (Wildman–Crippen LogP) is -0.0516. The largest absolute Gasteiger partial charge is 0.397 e. The molecule has 0 aliphatic carbocycles. The van der Waals surface area contributed by atoms with Crippen LogP contribution in [-0.2, 0) is 0 Å². The summed E-state index contributed by atoms with van der Waals surface area (Å²) in [5.74, 6) is -0.0215. The molecule has 0 aromatic carbocycles. The number of rotatable bonds is 2. The SMILES string of the molecule is NC(=O)c1cc(-n2ccnc2)ncc1N. The van der Waals surface area contributed by atoms with Crippen molar-refractivity contribution in [2.45, 2.75) is 0 Å². The van der Waals surface area contributed by atoms with E-state index in [2.05, 4.69) is 9.97 Å². The molecule has 2 heterocycles. The van der Waals surface area contributed by atoms with Crippen LogP contribution in [0.25, 0.3) is 5.82 Å². The second kappa shape index (κ2) is 3.41. The number of nitrogens with two attached hydrogens (primary N) is 2. The van der Waals surface area contributed by atoms with Crippen molar-refractivity contribution in [2.24, 2.45) is 5.73 Å². The van der Waals surface area contributed by atoms with Crippen molar-refractivity contribution < 1.29 is 4.79 Å². The molecule has 1 amide bonds. The lowest BCUT2D eigenvalue weighted by Crippen LogP contribution is -2.14. The fourth-order valence-corrected chi connectivity index (χ4v) is 1.20. The molecular weight excluding hydrogens is 194 g/mol. The highest BCUT2D eigenvalue weighted by Crippen LogP contribution is 2.13. The second-order valence-corrected chi connectivity index (χ2v) is 2.96. The number of pyridine rings is 1. The van der Waals surface area contributed by atoms with Gasteiger partial charge in [0.15, 0.2) is 0 Å². The van der Waals surface area contributed by atoms with Gasteiger partial charge in [-0.2, -0.15) is 0 Å². The van der Waals surface area contributed by atoms with Gasteiger partial charge in [0.05, 0.1) is 17.4 Å². The molecular formula is C9H9N5O. The van der Waals surface area contributed by atoms with Crippen molar-refractivity contribution in [2.75, 3.05) is 5.73 Å². The maximum absolute atomic E-state index is 11.0. The first-order valence-electron chi connectivity index (χ1n) is 4.22. The van der Waals surface area contributed by atoms with Gasteiger partial charge in [0.2, 0.25) is 0 Å². The van der Waals surface area contributed by atoms with E-state index in [1.165, 1.54) is 12.3 Å². The van der Waals surface area contributed by atoms with Gasteiger partial charge < -0.3 is 11.5 Å². The number of anilines is 1. The zero-order valence-electron chi connectivity index (χ0n) is 7.79. The number of primary amides is 1. The van der Waals surface area contributed by atoms with Crippen LogP contribution in [0.15, 0.2) is 31.0 Å². The summed E-state index contributed by atoms with van der Waals surface area (Å²) in [6, 6.07) is 1.53. The van der Waals surface area contributed by atoms with Crippen LogP contribution in [-0.4, -0.2) is 20.4 Å². The van der Waals surface area contributed by atoms with Crippen LogP contribution in [0.5, 0.6) is 0 Å². The average Bonchev–Trinajstić information content (AvgIpc) is 2.71. The van der Waals surface area contributed by atoms with Crippen LogP contribution in [0.2, 0.25) is 0 Å². The number of hydrogen-bond donors (Lipinski definition) is 2. The van der Waals surface area contributed by atoms with E-state index in [4.69, 9.17) is 11.5 Å². The first-order chi connectivity index (χ1) is 7.18. The van der Waals surface area contributed by atoms with Crippen molar-refractivity contribution >= 4 is 11.6 Å². The minimum absolute atomic E-state index is 0.258. The summed E-state index contributed by atoms with van der Waals surface area (Å²) in [5.41, 5.74) is 11.2. The zero-order valence-corrected chi connectivity index (χ0v) is 7.79. The molecule has 0 radical (unpaired) electrons. The number of nitrogens with zero attached hydrogens (tertiary/aromatic N) is 3. The van der Waals surface area contributed by atoms with E-state index in [-0.39, 0.29) is 11.3 Å². The standard InChI is InChI=1S/C9H9N5O/c10-7-4-13-8(3-6(7)9(11)15)14-2-1-12-5-14/h1-5H,10H2,(H2,11,15). The molecule has 2 aromatic heterocycles. The van der Waals surface area contributed by atoms with Gasteiger partial charge in [-0.05, 0) is 6.07 Å². The number of hydrogen-bond acceptors (Lipinski definition) is 4.